The molecule has 0 bridgehead atoms. The molecule has 0 amide bonds. The van der Waals surface area contributed by atoms with Gasteiger partial charge in [0.25, 0.3) is 0 Å². The summed E-state index contributed by atoms with van der Waals surface area (Å²) in [4.78, 5) is 12.1. The first-order chi connectivity index (χ1) is 9.16. The van der Waals surface area contributed by atoms with Crippen LogP contribution in [0.5, 0.6) is 0 Å². The van der Waals surface area contributed by atoms with Crippen molar-refractivity contribution in [1.29, 1.82) is 0 Å². The van der Waals surface area contributed by atoms with Gasteiger partial charge in [-0.2, -0.15) is 0 Å². The fourth-order valence-corrected chi connectivity index (χ4v) is 2.68. The van der Waals surface area contributed by atoms with Crippen molar-refractivity contribution < 1.29 is 9.90 Å². The minimum absolute atomic E-state index is 0.461. The smallest absolute Gasteiger partial charge is 0.310 e. The first-order valence-corrected chi connectivity index (χ1v) is 7.15. The van der Waals surface area contributed by atoms with Gasteiger partial charge in [0.1, 0.15) is 0 Å². The summed E-state index contributed by atoms with van der Waals surface area (Å²) in [6.07, 6.45) is 0. The minimum atomic E-state index is -0.787. The SMILES string of the molecule is CC(C(=O)O)c1cccc(SCc2ccccc2)c1. The number of hydrogen-bond acceptors (Lipinski definition) is 2. The Morgan fingerprint density at radius 2 is 1.89 bits per heavy atom. The summed E-state index contributed by atoms with van der Waals surface area (Å²) in [5.41, 5.74) is 2.12. The van der Waals surface area contributed by atoms with Crippen LogP contribution in [0.15, 0.2) is 59.5 Å². The lowest BCUT2D eigenvalue weighted by Crippen LogP contribution is -2.07. The zero-order chi connectivity index (χ0) is 13.7. The van der Waals surface area contributed by atoms with Crippen LogP contribution in [0.1, 0.15) is 24.0 Å². The molecule has 2 aromatic carbocycles. The maximum Gasteiger partial charge on any atom is 0.310 e. The van der Waals surface area contributed by atoms with E-state index in [1.165, 1.54) is 5.56 Å². The molecule has 0 aliphatic rings. The Kier molecular flexibility index (Phi) is 4.63. The van der Waals surface area contributed by atoms with Gasteiger partial charge in [-0.15, -0.1) is 11.8 Å². The normalized spacial score (nSPS) is 12.1. The van der Waals surface area contributed by atoms with E-state index in [1.807, 2.05) is 42.5 Å². The van der Waals surface area contributed by atoms with Crippen LogP contribution in [-0.4, -0.2) is 11.1 Å². The van der Waals surface area contributed by atoms with Crippen LogP contribution in [0, 0.1) is 0 Å². The van der Waals surface area contributed by atoms with Gasteiger partial charge in [0.05, 0.1) is 5.92 Å². The number of thioether (sulfide) groups is 1. The van der Waals surface area contributed by atoms with Crippen molar-refractivity contribution >= 4 is 17.7 Å². The summed E-state index contributed by atoms with van der Waals surface area (Å²) in [5, 5.41) is 9.03. The van der Waals surface area contributed by atoms with Gasteiger partial charge in [-0.25, -0.2) is 0 Å². The van der Waals surface area contributed by atoms with Crippen molar-refractivity contribution in [2.45, 2.75) is 23.5 Å². The van der Waals surface area contributed by atoms with E-state index in [0.29, 0.717) is 0 Å². The molecule has 1 N–H and O–H groups in total. The summed E-state index contributed by atoms with van der Waals surface area (Å²) in [6.45, 7) is 1.71. The molecule has 2 aromatic rings. The molecule has 0 saturated carbocycles. The summed E-state index contributed by atoms with van der Waals surface area (Å²) in [5.74, 6) is -0.353. The van der Waals surface area contributed by atoms with Crippen LogP contribution < -0.4 is 0 Å². The summed E-state index contributed by atoms with van der Waals surface area (Å²) < 4.78 is 0. The molecule has 1 unspecified atom stereocenters. The third-order valence-corrected chi connectivity index (χ3v) is 4.04. The number of carbonyl (C=O) groups is 1. The van der Waals surface area contributed by atoms with Crippen LogP contribution in [0.25, 0.3) is 0 Å². The summed E-state index contributed by atoms with van der Waals surface area (Å²) in [6, 6.07) is 18.0. The second-order valence-electron chi connectivity index (χ2n) is 4.41. The second-order valence-corrected chi connectivity index (χ2v) is 5.46. The van der Waals surface area contributed by atoms with Gasteiger partial charge in [0.15, 0.2) is 0 Å². The first-order valence-electron chi connectivity index (χ1n) is 6.16. The number of carboxylic acid groups (broad SMARTS) is 1. The molecule has 3 heteroatoms. The first kappa shape index (κ1) is 13.7. The van der Waals surface area contributed by atoms with Crippen LogP contribution in [0.3, 0.4) is 0 Å². The predicted molar refractivity (Wildman–Crippen MR) is 78.5 cm³/mol. The molecule has 1 atom stereocenters. The minimum Gasteiger partial charge on any atom is -0.481 e. The third-order valence-electron chi connectivity index (χ3n) is 2.98. The standard InChI is InChI=1S/C16H16O2S/c1-12(16(17)18)14-8-5-9-15(10-14)19-11-13-6-3-2-4-7-13/h2-10,12H,11H2,1H3,(H,17,18). The molecule has 2 nitrogen and oxygen atoms in total. The Hall–Kier alpha value is -1.74. The number of hydrogen-bond donors (Lipinski definition) is 1. The fourth-order valence-electron chi connectivity index (χ4n) is 1.76. The lowest BCUT2D eigenvalue weighted by Gasteiger charge is -2.08. The van der Waals surface area contributed by atoms with Crippen molar-refractivity contribution in [3.8, 4) is 0 Å². The van der Waals surface area contributed by atoms with E-state index in [9.17, 15) is 4.79 Å². The highest BCUT2D eigenvalue weighted by molar-refractivity contribution is 7.98. The van der Waals surface area contributed by atoms with Gasteiger partial charge in [0.2, 0.25) is 0 Å². The quantitative estimate of drug-likeness (QED) is 0.830. The van der Waals surface area contributed by atoms with Crippen LogP contribution >= 0.6 is 11.8 Å². The third kappa shape index (κ3) is 3.86. The maximum absolute atomic E-state index is 11.0. The number of benzene rings is 2. The average molecular weight is 272 g/mol. The van der Waals surface area contributed by atoms with Crippen LogP contribution in [0.4, 0.5) is 0 Å². The highest BCUT2D eigenvalue weighted by Gasteiger charge is 2.13. The second kappa shape index (κ2) is 6.43. The van der Waals surface area contributed by atoms with Crippen LogP contribution in [0.2, 0.25) is 0 Å². The van der Waals surface area contributed by atoms with Gasteiger partial charge in [-0.1, -0.05) is 42.5 Å². The Balaban J connectivity index is 2.05. The topological polar surface area (TPSA) is 37.3 Å². The molecule has 19 heavy (non-hydrogen) atoms. The Bertz CT molecular complexity index is 552. The Labute approximate surface area is 117 Å². The van der Waals surface area contributed by atoms with Crippen molar-refractivity contribution in [3.05, 3.63) is 65.7 Å². The Morgan fingerprint density at radius 1 is 1.16 bits per heavy atom. The molecule has 0 radical (unpaired) electrons. The fraction of sp³-hybridized carbons (Fsp3) is 0.188. The molecule has 0 fully saturated rings. The summed E-state index contributed by atoms with van der Waals surface area (Å²) >= 11 is 1.72. The lowest BCUT2D eigenvalue weighted by molar-refractivity contribution is -0.138. The largest absolute Gasteiger partial charge is 0.481 e. The van der Waals surface area contributed by atoms with E-state index in [0.717, 1.165) is 16.2 Å². The van der Waals surface area contributed by atoms with Gasteiger partial charge in [0, 0.05) is 10.6 Å². The zero-order valence-corrected chi connectivity index (χ0v) is 11.6. The van der Waals surface area contributed by atoms with Crippen molar-refractivity contribution in [2.75, 3.05) is 0 Å². The average Bonchev–Trinajstić information content (AvgIpc) is 2.45. The highest BCUT2D eigenvalue weighted by atomic mass is 32.2. The molecule has 2 rings (SSSR count). The molecule has 0 spiro atoms. The van der Waals surface area contributed by atoms with E-state index in [4.69, 9.17) is 5.11 Å². The van der Waals surface area contributed by atoms with E-state index < -0.39 is 11.9 Å². The van der Waals surface area contributed by atoms with Gasteiger partial charge in [-0.05, 0) is 30.2 Å². The van der Waals surface area contributed by atoms with Gasteiger partial charge >= 0.3 is 5.97 Å². The maximum atomic E-state index is 11.0. The van der Waals surface area contributed by atoms with E-state index in [1.54, 1.807) is 18.7 Å². The monoisotopic (exact) mass is 272 g/mol. The molecule has 0 aliphatic heterocycles. The number of rotatable bonds is 5. The lowest BCUT2D eigenvalue weighted by atomic mass is 10.0. The Morgan fingerprint density at radius 3 is 2.58 bits per heavy atom. The number of carboxylic acids is 1. The van der Waals surface area contributed by atoms with Crippen molar-refractivity contribution in [3.63, 3.8) is 0 Å². The molecule has 0 aliphatic carbocycles. The predicted octanol–water partition coefficient (Wildman–Crippen LogP) is 4.17. The molecular weight excluding hydrogens is 256 g/mol. The molecule has 98 valence electrons. The summed E-state index contributed by atoms with van der Waals surface area (Å²) in [7, 11) is 0. The zero-order valence-electron chi connectivity index (χ0n) is 10.7. The molecule has 0 aromatic heterocycles. The van der Waals surface area contributed by atoms with Crippen LogP contribution in [-0.2, 0) is 10.5 Å². The molecule has 0 heterocycles. The molecular formula is C16H16O2S. The highest BCUT2D eigenvalue weighted by Crippen LogP contribution is 2.26. The molecule has 0 saturated heterocycles. The van der Waals surface area contributed by atoms with Crippen molar-refractivity contribution in [1.82, 2.24) is 0 Å². The van der Waals surface area contributed by atoms with E-state index >= 15 is 0 Å². The van der Waals surface area contributed by atoms with E-state index in [2.05, 4.69) is 12.1 Å². The van der Waals surface area contributed by atoms with Crippen molar-refractivity contribution in [2.24, 2.45) is 0 Å². The van der Waals surface area contributed by atoms with E-state index in [-0.39, 0.29) is 0 Å². The van der Waals surface area contributed by atoms with Gasteiger partial charge in [-0.3, -0.25) is 4.79 Å². The van der Waals surface area contributed by atoms with Gasteiger partial charge < -0.3 is 5.11 Å². The number of aliphatic carboxylic acids is 1.